The number of nitrogens with zero attached hydrogens (tertiary/aromatic N) is 3. The van der Waals surface area contributed by atoms with E-state index in [4.69, 9.17) is 4.98 Å². The number of rotatable bonds is 3. The molecule has 144 valence electrons. The third-order valence-corrected chi connectivity index (χ3v) is 4.87. The molecule has 1 heterocycles. The van der Waals surface area contributed by atoms with Crippen molar-refractivity contribution < 1.29 is 10.2 Å². The zero-order valence-corrected chi connectivity index (χ0v) is 16.5. The van der Waals surface area contributed by atoms with Crippen LogP contribution >= 0.6 is 0 Å². The number of aryl methyl sites for hydroxylation is 3. The predicted octanol–water partition coefficient (Wildman–Crippen LogP) is 5.21. The fourth-order valence-electron chi connectivity index (χ4n) is 3.33. The number of phenols is 2. The largest absolute Gasteiger partial charge is 0.508 e. The molecular formula is C24H21N3O2. The maximum atomic E-state index is 10.4. The summed E-state index contributed by atoms with van der Waals surface area (Å²) in [5.41, 5.74) is 5.52. The first-order valence-electron chi connectivity index (χ1n) is 9.34. The molecule has 4 aromatic rings. The molecule has 0 aliphatic rings. The van der Waals surface area contributed by atoms with Gasteiger partial charge in [0.15, 0.2) is 17.5 Å². The summed E-state index contributed by atoms with van der Waals surface area (Å²) in [5, 5.41) is 20.0. The Morgan fingerprint density at radius 3 is 1.79 bits per heavy atom. The van der Waals surface area contributed by atoms with Crippen molar-refractivity contribution in [1.82, 2.24) is 15.0 Å². The van der Waals surface area contributed by atoms with Gasteiger partial charge in [-0.3, -0.25) is 0 Å². The van der Waals surface area contributed by atoms with Crippen LogP contribution in [0.25, 0.3) is 34.2 Å². The van der Waals surface area contributed by atoms with Crippen LogP contribution in [0.5, 0.6) is 11.5 Å². The second kappa shape index (κ2) is 7.36. The van der Waals surface area contributed by atoms with Crippen LogP contribution in [0.2, 0.25) is 0 Å². The Morgan fingerprint density at radius 1 is 0.586 bits per heavy atom. The molecule has 5 heteroatoms. The molecule has 2 N–H and O–H groups in total. The van der Waals surface area contributed by atoms with E-state index < -0.39 is 0 Å². The molecule has 0 saturated heterocycles. The molecular weight excluding hydrogens is 362 g/mol. The highest BCUT2D eigenvalue weighted by molar-refractivity contribution is 5.72. The van der Waals surface area contributed by atoms with Gasteiger partial charge >= 0.3 is 0 Å². The van der Waals surface area contributed by atoms with Crippen molar-refractivity contribution >= 4 is 0 Å². The Kier molecular flexibility index (Phi) is 4.72. The molecule has 0 aliphatic carbocycles. The second-order valence-corrected chi connectivity index (χ2v) is 7.14. The molecule has 0 aliphatic heterocycles. The van der Waals surface area contributed by atoms with Crippen LogP contribution in [0.1, 0.15) is 16.7 Å². The van der Waals surface area contributed by atoms with Gasteiger partial charge in [0.2, 0.25) is 0 Å². The molecule has 0 spiro atoms. The Labute approximate surface area is 169 Å². The van der Waals surface area contributed by atoms with E-state index in [2.05, 4.69) is 16.0 Å². The van der Waals surface area contributed by atoms with Gasteiger partial charge < -0.3 is 10.2 Å². The van der Waals surface area contributed by atoms with Crippen LogP contribution < -0.4 is 0 Å². The van der Waals surface area contributed by atoms with Gasteiger partial charge in [-0.2, -0.15) is 0 Å². The maximum absolute atomic E-state index is 10.4. The average Bonchev–Trinajstić information content (AvgIpc) is 2.68. The van der Waals surface area contributed by atoms with Crippen LogP contribution in [-0.2, 0) is 0 Å². The van der Waals surface area contributed by atoms with Gasteiger partial charge in [-0.05, 0) is 44.0 Å². The predicted molar refractivity (Wildman–Crippen MR) is 114 cm³/mol. The van der Waals surface area contributed by atoms with E-state index in [1.165, 1.54) is 12.1 Å². The van der Waals surface area contributed by atoms with E-state index in [1.54, 1.807) is 6.07 Å². The lowest BCUT2D eigenvalue weighted by Crippen LogP contribution is -2.02. The summed E-state index contributed by atoms with van der Waals surface area (Å²) in [7, 11) is 0. The smallest absolute Gasteiger partial charge is 0.167 e. The van der Waals surface area contributed by atoms with E-state index in [1.807, 2.05) is 57.2 Å². The fourth-order valence-corrected chi connectivity index (χ4v) is 3.33. The molecule has 4 rings (SSSR count). The normalized spacial score (nSPS) is 10.9. The van der Waals surface area contributed by atoms with Crippen molar-refractivity contribution in [2.45, 2.75) is 20.8 Å². The standard InChI is InChI=1S/C24H21N3O2/c1-14-8-10-19(16(3)12-14)23-25-22(18-7-5-4-6-15(18)2)26-24(27-23)20-11-9-17(28)13-21(20)29/h4-13,28-29H,1-3H3. The van der Waals surface area contributed by atoms with Gasteiger partial charge in [0, 0.05) is 17.2 Å². The monoisotopic (exact) mass is 383 g/mol. The highest BCUT2D eigenvalue weighted by Crippen LogP contribution is 2.33. The molecule has 1 aromatic heterocycles. The van der Waals surface area contributed by atoms with E-state index in [9.17, 15) is 10.2 Å². The van der Waals surface area contributed by atoms with Crippen LogP contribution in [0, 0.1) is 20.8 Å². The Balaban J connectivity index is 1.98. The quantitative estimate of drug-likeness (QED) is 0.508. The summed E-state index contributed by atoms with van der Waals surface area (Å²) in [6.07, 6.45) is 0. The van der Waals surface area contributed by atoms with Gasteiger partial charge in [-0.15, -0.1) is 0 Å². The number of aromatic nitrogens is 3. The van der Waals surface area contributed by atoms with E-state index in [0.717, 1.165) is 27.8 Å². The topological polar surface area (TPSA) is 79.1 Å². The van der Waals surface area contributed by atoms with Gasteiger partial charge in [-0.25, -0.2) is 15.0 Å². The minimum atomic E-state index is -0.0847. The summed E-state index contributed by atoms with van der Waals surface area (Å²) >= 11 is 0. The number of benzene rings is 3. The Morgan fingerprint density at radius 2 is 1.17 bits per heavy atom. The van der Waals surface area contributed by atoms with Gasteiger partial charge in [-0.1, -0.05) is 48.0 Å². The molecule has 29 heavy (non-hydrogen) atoms. The van der Waals surface area contributed by atoms with Crippen molar-refractivity contribution in [1.29, 1.82) is 0 Å². The van der Waals surface area contributed by atoms with Gasteiger partial charge in [0.25, 0.3) is 0 Å². The molecule has 0 saturated carbocycles. The zero-order chi connectivity index (χ0) is 20.5. The van der Waals surface area contributed by atoms with Crippen LogP contribution in [0.3, 0.4) is 0 Å². The summed E-state index contributed by atoms with van der Waals surface area (Å²) < 4.78 is 0. The maximum Gasteiger partial charge on any atom is 0.167 e. The molecule has 0 radical (unpaired) electrons. The summed E-state index contributed by atoms with van der Waals surface area (Å²) in [6, 6.07) is 18.4. The van der Waals surface area contributed by atoms with E-state index in [-0.39, 0.29) is 11.5 Å². The van der Waals surface area contributed by atoms with Gasteiger partial charge in [0.1, 0.15) is 11.5 Å². The van der Waals surface area contributed by atoms with Crippen molar-refractivity contribution in [3.8, 4) is 45.7 Å². The SMILES string of the molecule is Cc1ccc(-c2nc(-c3ccccc3C)nc(-c3ccc(O)cc3O)n2)c(C)c1. The number of hydrogen-bond donors (Lipinski definition) is 2. The second-order valence-electron chi connectivity index (χ2n) is 7.14. The number of phenolic OH excluding ortho intramolecular Hbond substituents is 2. The first-order valence-corrected chi connectivity index (χ1v) is 9.34. The minimum Gasteiger partial charge on any atom is -0.508 e. The lowest BCUT2D eigenvalue weighted by molar-refractivity contribution is 0.451. The highest BCUT2D eigenvalue weighted by Gasteiger charge is 2.16. The number of hydrogen-bond acceptors (Lipinski definition) is 5. The van der Waals surface area contributed by atoms with Gasteiger partial charge in [0.05, 0.1) is 5.56 Å². The lowest BCUT2D eigenvalue weighted by Gasteiger charge is -2.12. The van der Waals surface area contributed by atoms with Crippen molar-refractivity contribution in [2.24, 2.45) is 0 Å². The Hall–Kier alpha value is -3.73. The van der Waals surface area contributed by atoms with Crippen molar-refractivity contribution in [3.63, 3.8) is 0 Å². The van der Waals surface area contributed by atoms with E-state index >= 15 is 0 Å². The molecule has 0 atom stereocenters. The van der Waals surface area contributed by atoms with Crippen molar-refractivity contribution in [3.05, 3.63) is 77.4 Å². The molecule has 3 aromatic carbocycles. The van der Waals surface area contributed by atoms with E-state index in [0.29, 0.717) is 23.0 Å². The highest BCUT2D eigenvalue weighted by atomic mass is 16.3. The molecule has 0 unspecified atom stereocenters. The van der Waals surface area contributed by atoms with Crippen LogP contribution in [0.15, 0.2) is 60.7 Å². The third-order valence-electron chi connectivity index (χ3n) is 4.87. The average molecular weight is 383 g/mol. The first-order chi connectivity index (χ1) is 13.9. The number of aromatic hydroxyl groups is 2. The Bertz CT molecular complexity index is 1150. The van der Waals surface area contributed by atoms with Crippen LogP contribution in [-0.4, -0.2) is 25.2 Å². The summed E-state index contributed by atoms with van der Waals surface area (Å²) in [6.45, 7) is 6.08. The molecule has 0 amide bonds. The lowest BCUT2D eigenvalue weighted by atomic mass is 10.0. The third kappa shape index (κ3) is 3.67. The van der Waals surface area contributed by atoms with Crippen LogP contribution in [0.4, 0.5) is 0 Å². The molecule has 0 fully saturated rings. The fraction of sp³-hybridized carbons (Fsp3) is 0.125. The summed E-state index contributed by atoms with van der Waals surface area (Å²) in [4.78, 5) is 14.0. The molecule has 0 bridgehead atoms. The van der Waals surface area contributed by atoms with Crippen molar-refractivity contribution in [2.75, 3.05) is 0 Å². The summed E-state index contributed by atoms with van der Waals surface area (Å²) in [5.74, 6) is 1.33. The first kappa shape index (κ1) is 18.6. The minimum absolute atomic E-state index is 0.0194. The molecule has 5 nitrogen and oxygen atoms in total. The zero-order valence-electron chi connectivity index (χ0n) is 16.5.